The van der Waals surface area contributed by atoms with Gasteiger partial charge in [0.2, 0.25) is 0 Å². The normalized spacial score (nSPS) is 15.9. The molecule has 1 heterocycles. The summed E-state index contributed by atoms with van der Waals surface area (Å²) in [6.45, 7) is 1.50. The third-order valence-electron chi connectivity index (χ3n) is 2.03. The molecule has 0 aliphatic carbocycles. The van der Waals surface area contributed by atoms with Gasteiger partial charge in [-0.15, -0.1) is 0 Å². The van der Waals surface area contributed by atoms with Crippen molar-refractivity contribution in [2.45, 2.75) is 0 Å². The Hall–Kier alpha value is -0.930. The Morgan fingerprint density at radius 1 is 1.21 bits per heavy atom. The van der Waals surface area contributed by atoms with E-state index < -0.39 is 0 Å². The number of guanidine groups is 1. The molecule has 5 heteroatoms. The molecule has 3 nitrogen and oxygen atoms in total. The predicted octanol–water partition coefficient (Wildman–Crippen LogP) is 2.13. The number of hydrogen-bond donors (Lipinski definition) is 1. The highest BCUT2D eigenvalue weighted by molar-refractivity contribution is 6.35. The number of nitrogens with two attached hydrogens (primary N) is 1. The van der Waals surface area contributed by atoms with Gasteiger partial charge in [-0.05, 0) is 18.2 Å². The van der Waals surface area contributed by atoms with Crippen LogP contribution in [0, 0.1) is 0 Å². The first-order chi connectivity index (χ1) is 6.66. The highest BCUT2D eigenvalue weighted by Crippen LogP contribution is 2.26. The molecule has 0 unspecified atom stereocenters. The van der Waals surface area contributed by atoms with Gasteiger partial charge in [-0.2, -0.15) is 0 Å². The van der Waals surface area contributed by atoms with Crippen LogP contribution in [-0.4, -0.2) is 19.0 Å². The molecule has 1 aromatic carbocycles. The van der Waals surface area contributed by atoms with Crippen molar-refractivity contribution in [3.63, 3.8) is 0 Å². The van der Waals surface area contributed by atoms with E-state index in [1.54, 1.807) is 6.07 Å². The minimum absolute atomic E-state index is 0.517. The molecule has 14 heavy (non-hydrogen) atoms. The van der Waals surface area contributed by atoms with Crippen molar-refractivity contribution >= 4 is 34.8 Å². The SMILES string of the molecule is NC1=NCCN1c1cc(Cl)cc(Cl)c1. The summed E-state index contributed by atoms with van der Waals surface area (Å²) in [5.74, 6) is 0.517. The fraction of sp³-hybridized carbons (Fsp3) is 0.222. The Kier molecular flexibility index (Phi) is 2.52. The van der Waals surface area contributed by atoms with Gasteiger partial charge in [0.15, 0.2) is 5.96 Å². The van der Waals surface area contributed by atoms with E-state index in [9.17, 15) is 0 Å². The smallest absolute Gasteiger partial charge is 0.195 e. The maximum Gasteiger partial charge on any atom is 0.195 e. The zero-order valence-electron chi connectivity index (χ0n) is 7.37. The number of aliphatic imine (C=N–C) groups is 1. The lowest BCUT2D eigenvalue weighted by molar-refractivity contribution is 1.02. The Labute approximate surface area is 92.1 Å². The van der Waals surface area contributed by atoms with Gasteiger partial charge in [0.05, 0.1) is 6.54 Å². The van der Waals surface area contributed by atoms with Crippen LogP contribution in [0.2, 0.25) is 10.0 Å². The molecule has 74 valence electrons. The molecule has 0 spiro atoms. The van der Waals surface area contributed by atoms with Crippen molar-refractivity contribution < 1.29 is 0 Å². The van der Waals surface area contributed by atoms with Crippen LogP contribution in [0.15, 0.2) is 23.2 Å². The zero-order chi connectivity index (χ0) is 10.1. The fourth-order valence-corrected chi connectivity index (χ4v) is 1.94. The topological polar surface area (TPSA) is 41.6 Å². The van der Waals surface area contributed by atoms with Crippen molar-refractivity contribution in [2.75, 3.05) is 18.0 Å². The van der Waals surface area contributed by atoms with Gasteiger partial charge in [-0.25, -0.2) is 0 Å². The summed E-state index contributed by atoms with van der Waals surface area (Å²) in [5.41, 5.74) is 6.59. The van der Waals surface area contributed by atoms with Crippen LogP contribution in [0.1, 0.15) is 0 Å². The van der Waals surface area contributed by atoms with Crippen LogP contribution in [0.3, 0.4) is 0 Å². The zero-order valence-corrected chi connectivity index (χ0v) is 8.89. The Bertz CT molecular complexity index is 369. The maximum absolute atomic E-state index is 5.88. The fourth-order valence-electron chi connectivity index (χ4n) is 1.42. The van der Waals surface area contributed by atoms with Crippen molar-refractivity contribution in [1.82, 2.24) is 0 Å². The molecule has 0 amide bonds. The number of halogens is 2. The Morgan fingerprint density at radius 3 is 2.36 bits per heavy atom. The standard InChI is InChI=1S/C9H9Cl2N3/c10-6-3-7(11)5-8(4-6)14-2-1-13-9(14)12/h3-5H,1-2H2,(H2,12,13). The van der Waals surface area contributed by atoms with E-state index in [-0.39, 0.29) is 0 Å². The number of hydrogen-bond acceptors (Lipinski definition) is 3. The molecular formula is C9H9Cl2N3. The minimum atomic E-state index is 0.517. The number of nitrogens with zero attached hydrogens (tertiary/aromatic N) is 2. The van der Waals surface area contributed by atoms with Crippen molar-refractivity contribution in [3.8, 4) is 0 Å². The second-order valence-corrected chi connectivity index (χ2v) is 3.89. The molecule has 0 fully saturated rings. The monoisotopic (exact) mass is 229 g/mol. The molecule has 1 aliphatic heterocycles. The summed E-state index contributed by atoms with van der Waals surface area (Å²) in [6, 6.07) is 5.33. The van der Waals surface area contributed by atoms with Crippen LogP contribution in [0.5, 0.6) is 0 Å². The predicted molar refractivity (Wildman–Crippen MR) is 60.3 cm³/mol. The molecular weight excluding hydrogens is 221 g/mol. The quantitative estimate of drug-likeness (QED) is 0.802. The van der Waals surface area contributed by atoms with Gasteiger partial charge in [0.1, 0.15) is 0 Å². The van der Waals surface area contributed by atoms with Crippen LogP contribution in [0.25, 0.3) is 0 Å². The minimum Gasteiger partial charge on any atom is -0.370 e. The lowest BCUT2D eigenvalue weighted by atomic mass is 10.3. The second kappa shape index (κ2) is 3.67. The summed E-state index contributed by atoms with van der Waals surface area (Å²) < 4.78 is 0. The van der Waals surface area contributed by atoms with Crippen molar-refractivity contribution in [2.24, 2.45) is 10.7 Å². The first kappa shape index (κ1) is 9.62. The van der Waals surface area contributed by atoms with E-state index in [1.165, 1.54) is 0 Å². The summed E-state index contributed by atoms with van der Waals surface area (Å²) in [5, 5.41) is 1.21. The summed E-state index contributed by atoms with van der Waals surface area (Å²) >= 11 is 11.8. The van der Waals surface area contributed by atoms with E-state index in [1.807, 2.05) is 17.0 Å². The highest BCUT2D eigenvalue weighted by atomic mass is 35.5. The average molecular weight is 230 g/mol. The number of anilines is 1. The van der Waals surface area contributed by atoms with Crippen LogP contribution < -0.4 is 10.6 Å². The third kappa shape index (κ3) is 1.79. The molecule has 0 saturated carbocycles. The molecule has 0 radical (unpaired) electrons. The molecule has 1 aromatic rings. The van der Waals surface area contributed by atoms with Gasteiger partial charge in [-0.3, -0.25) is 4.99 Å². The first-order valence-corrected chi connectivity index (χ1v) is 4.96. The largest absolute Gasteiger partial charge is 0.370 e. The maximum atomic E-state index is 5.88. The molecule has 0 saturated heterocycles. The molecule has 2 rings (SSSR count). The van der Waals surface area contributed by atoms with Crippen molar-refractivity contribution in [3.05, 3.63) is 28.2 Å². The molecule has 2 N–H and O–H groups in total. The van der Waals surface area contributed by atoms with E-state index >= 15 is 0 Å². The number of benzene rings is 1. The van der Waals surface area contributed by atoms with Crippen LogP contribution in [0.4, 0.5) is 5.69 Å². The average Bonchev–Trinajstić information content (AvgIpc) is 2.49. The first-order valence-electron chi connectivity index (χ1n) is 4.20. The summed E-state index contributed by atoms with van der Waals surface area (Å²) in [7, 11) is 0. The summed E-state index contributed by atoms with van der Waals surface area (Å²) in [4.78, 5) is 5.97. The molecule has 1 aliphatic rings. The number of rotatable bonds is 1. The van der Waals surface area contributed by atoms with Gasteiger partial charge in [0, 0.05) is 22.3 Å². The van der Waals surface area contributed by atoms with Gasteiger partial charge in [0.25, 0.3) is 0 Å². The molecule has 0 atom stereocenters. The van der Waals surface area contributed by atoms with Crippen LogP contribution in [-0.2, 0) is 0 Å². The van der Waals surface area contributed by atoms with Gasteiger partial charge in [-0.1, -0.05) is 23.2 Å². The lowest BCUT2D eigenvalue weighted by Crippen LogP contribution is -2.33. The Balaban J connectivity index is 2.36. The van der Waals surface area contributed by atoms with Gasteiger partial charge < -0.3 is 10.6 Å². The van der Waals surface area contributed by atoms with E-state index in [0.29, 0.717) is 16.0 Å². The molecule has 0 bridgehead atoms. The van der Waals surface area contributed by atoms with Crippen LogP contribution >= 0.6 is 23.2 Å². The Morgan fingerprint density at radius 2 is 1.86 bits per heavy atom. The van der Waals surface area contributed by atoms with E-state index in [4.69, 9.17) is 28.9 Å². The second-order valence-electron chi connectivity index (χ2n) is 3.02. The van der Waals surface area contributed by atoms with Crippen molar-refractivity contribution in [1.29, 1.82) is 0 Å². The summed E-state index contributed by atoms with van der Waals surface area (Å²) in [6.07, 6.45) is 0. The van der Waals surface area contributed by atoms with Gasteiger partial charge >= 0.3 is 0 Å². The van der Waals surface area contributed by atoms with E-state index in [0.717, 1.165) is 18.8 Å². The van der Waals surface area contributed by atoms with E-state index in [2.05, 4.69) is 4.99 Å². The molecule has 0 aromatic heterocycles. The third-order valence-corrected chi connectivity index (χ3v) is 2.47. The lowest BCUT2D eigenvalue weighted by Gasteiger charge is -2.17. The highest BCUT2D eigenvalue weighted by Gasteiger charge is 2.16.